The Balaban J connectivity index is 1.88. The summed E-state index contributed by atoms with van der Waals surface area (Å²) in [7, 11) is 0. The number of rotatable bonds is 8. The molecule has 1 amide bonds. The molecule has 0 unspecified atom stereocenters. The number of ether oxygens (including phenoxy) is 2. The van der Waals surface area contributed by atoms with E-state index in [1.54, 1.807) is 48.5 Å². The first kappa shape index (κ1) is 24.9. The first-order valence-electron chi connectivity index (χ1n) is 10.2. The number of nitriles is 2. The van der Waals surface area contributed by atoms with Gasteiger partial charge in [-0.15, -0.1) is 0 Å². The van der Waals surface area contributed by atoms with E-state index in [-0.39, 0.29) is 12.2 Å². The molecule has 0 saturated heterocycles. The molecule has 6 nitrogen and oxygen atoms in total. The van der Waals surface area contributed by atoms with Gasteiger partial charge < -0.3 is 14.8 Å². The standard InChI is InChI=1S/C26H19BrClN3O3/c1-2-33-24-13-17(11-20(15-30)26(32)31-23-10-6-5-9-22(23)28)12-21(27)25(24)34-16-19-8-4-3-7-18(19)14-29/h3-13H,2,16H2,1H3,(H,31,32)/b20-11+. The minimum absolute atomic E-state index is 0.106. The van der Waals surface area contributed by atoms with E-state index in [1.807, 2.05) is 25.1 Å². The van der Waals surface area contributed by atoms with Gasteiger partial charge in [-0.1, -0.05) is 41.9 Å². The number of benzene rings is 3. The lowest BCUT2D eigenvalue weighted by Crippen LogP contribution is -2.13. The summed E-state index contributed by atoms with van der Waals surface area (Å²) in [5.74, 6) is 0.297. The Morgan fingerprint density at radius 2 is 1.85 bits per heavy atom. The van der Waals surface area contributed by atoms with Crippen LogP contribution in [0.1, 0.15) is 23.6 Å². The monoisotopic (exact) mass is 535 g/mol. The smallest absolute Gasteiger partial charge is 0.266 e. The van der Waals surface area contributed by atoms with E-state index in [0.29, 0.717) is 44.4 Å². The summed E-state index contributed by atoms with van der Waals surface area (Å²) in [5, 5.41) is 21.9. The highest BCUT2D eigenvalue weighted by atomic mass is 79.9. The number of anilines is 1. The van der Waals surface area contributed by atoms with Gasteiger partial charge in [0.2, 0.25) is 0 Å². The fourth-order valence-corrected chi connectivity index (χ4v) is 3.80. The highest BCUT2D eigenvalue weighted by Crippen LogP contribution is 2.38. The van der Waals surface area contributed by atoms with Crippen LogP contribution in [-0.4, -0.2) is 12.5 Å². The van der Waals surface area contributed by atoms with Crippen LogP contribution in [0.3, 0.4) is 0 Å². The molecular formula is C26H19BrClN3O3. The number of hydrogen-bond acceptors (Lipinski definition) is 5. The Morgan fingerprint density at radius 3 is 2.56 bits per heavy atom. The van der Waals surface area contributed by atoms with Gasteiger partial charge in [0, 0.05) is 5.56 Å². The average molecular weight is 537 g/mol. The van der Waals surface area contributed by atoms with Crippen LogP contribution in [0.4, 0.5) is 5.69 Å². The molecule has 0 aliphatic rings. The molecule has 0 spiro atoms. The summed E-state index contributed by atoms with van der Waals surface area (Å²) in [4.78, 5) is 12.6. The van der Waals surface area contributed by atoms with Crippen LogP contribution in [0, 0.1) is 22.7 Å². The van der Waals surface area contributed by atoms with E-state index in [1.165, 1.54) is 6.08 Å². The molecule has 8 heteroatoms. The topological polar surface area (TPSA) is 95.1 Å². The second-order valence-corrected chi connectivity index (χ2v) is 8.19. The Bertz CT molecular complexity index is 1330. The minimum atomic E-state index is -0.585. The molecule has 0 atom stereocenters. The van der Waals surface area contributed by atoms with E-state index in [4.69, 9.17) is 21.1 Å². The number of carbonyl (C=O) groups excluding carboxylic acids is 1. The van der Waals surface area contributed by atoms with Crippen LogP contribution in [0.15, 0.2) is 70.7 Å². The molecule has 3 rings (SSSR count). The maximum absolute atomic E-state index is 12.6. The van der Waals surface area contributed by atoms with Crippen molar-refractivity contribution in [3.8, 4) is 23.6 Å². The van der Waals surface area contributed by atoms with Gasteiger partial charge >= 0.3 is 0 Å². The number of nitrogens with zero attached hydrogens (tertiary/aromatic N) is 2. The fraction of sp³-hybridized carbons (Fsp3) is 0.115. The van der Waals surface area contributed by atoms with Gasteiger partial charge in [0.15, 0.2) is 11.5 Å². The molecule has 0 bridgehead atoms. The van der Waals surface area contributed by atoms with E-state index in [0.717, 1.165) is 5.56 Å². The van der Waals surface area contributed by atoms with Crippen molar-refractivity contribution in [3.05, 3.63) is 92.4 Å². The molecule has 0 heterocycles. The van der Waals surface area contributed by atoms with Crippen LogP contribution < -0.4 is 14.8 Å². The molecule has 0 radical (unpaired) electrons. The number of nitrogens with one attached hydrogen (secondary N) is 1. The molecule has 0 aliphatic carbocycles. The van der Waals surface area contributed by atoms with Crippen LogP contribution in [0.2, 0.25) is 5.02 Å². The van der Waals surface area contributed by atoms with Gasteiger partial charge in [-0.3, -0.25) is 4.79 Å². The van der Waals surface area contributed by atoms with Crippen molar-refractivity contribution < 1.29 is 14.3 Å². The van der Waals surface area contributed by atoms with Crippen LogP contribution in [0.5, 0.6) is 11.5 Å². The van der Waals surface area contributed by atoms with Crippen molar-refractivity contribution in [2.45, 2.75) is 13.5 Å². The summed E-state index contributed by atoms with van der Waals surface area (Å²) < 4.78 is 12.3. The number of carbonyl (C=O) groups is 1. The van der Waals surface area contributed by atoms with Crippen LogP contribution >= 0.6 is 27.5 Å². The number of para-hydroxylation sites is 1. The highest BCUT2D eigenvalue weighted by Gasteiger charge is 2.16. The third-order valence-corrected chi connectivity index (χ3v) is 5.56. The number of halogens is 2. The summed E-state index contributed by atoms with van der Waals surface area (Å²) in [5.41, 5.74) is 2.13. The van der Waals surface area contributed by atoms with Crippen LogP contribution in [-0.2, 0) is 11.4 Å². The van der Waals surface area contributed by atoms with Crippen molar-refractivity contribution >= 4 is 45.2 Å². The Kier molecular flexibility index (Phi) is 8.70. The Morgan fingerprint density at radius 1 is 1.12 bits per heavy atom. The predicted octanol–water partition coefficient (Wildman–Crippen LogP) is 6.50. The molecule has 34 heavy (non-hydrogen) atoms. The van der Waals surface area contributed by atoms with Gasteiger partial charge in [0.25, 0.3) is 5.91 Å². The normalized spacial score (nSPS) is 10.7. The summed E-state index contributed by atoms with van der Waals surface area (Å²) in [6.07, 6.45) is 1.45. The van der Waals surface area contributed by atoms with E-state index in [9.17, 15) is 15.3 Å². The van der Waals surface area contributed by atoms with Gasteiger partial charge in [0.1, 0.15) is 18.2 Å². The summed E-state index contributed by atoms with van der Waals surface area (Å²) in [6.45, 7) is 2.38. The lowest BCUT2D eigenvalue weighted by Gasteiger charge is -2.15. The van der Waals surface area contributed by atoms with Crippen molar-refractivity contribution in [2.24, 2.45) is 0 Å². The maximum Gasteiger partial charge on any atom is 0.266 e. The average Bonchev–Trinajstić information content (AvgIpc) is 2.83. The van der Waals surface area contributed by atoms with E-state index < -0.39 is 5.91 Å². The van der Waals surface area contributed by atoms with Crippen molar-refractivity contribution in [2.75, 3.05) is 11.9 Å². The van der Waals surface area contributed by atoms with Crippen molar-refractivity contribution in [1.82, 2.24) is 0 Å². The summed E-state index contributed by atoms with van der Waals surface area (Å²) >= 11 is 9.58. The van der Waals surface area contributed by atoms with Crippen molar-refractivity contribution in [3.63, 3.8) is 0 Å². The molecule has 0 fully saturated rings. The van der Waals surface area contributed by atoms with E-state index >= 15 is 0 Å². The molecule has 0 aromatic heterocycles. The zero-order valence-electron chi connectivity index (χ0n) is 18.1. The van der Waals surface area contributed by atoms with Crippen LogP contribution in [0.25, 0.3) is 6.08 Å². The first-order valence-corrected chi connectivity index (χ1v) is 11.4. The molecule has 0 saturated carbocycles. The van der Waals surface area contributed by atoms with Crippen molar-refractivity contribution in [1.29, 1.82) is 10.5 Å². The molecule has 1 N–H and O–H groups in total. The van der Waals surface area contributed by atoms with Gasteiger partial charge in [-0.05, 0) is 64.8 Å². The Labute approximate surface area is 211 Å². The highest BCUT2D eigenvalue weighted by molar-refractivity contribution is 9.10. The zero-order valence-corrected chi connectivity index (χ0v) is 20.5. The number of hydrogen-bond donors (Lipinski definition) is 1. The predicted molar refractivity (Wildman–Crippen MR) is 134 cm³/mol. The van der Waals surface area contributed by atoms with Gasteiger partial charge in [-0.25, -0.2) is 0 Å². The maximum atomic E-state index is 12.6. The minimum Gasteiger partial charge on any atom is -0.490 e. The molecule has 170 valence electrons. The largest absolute Gasteiger partial charge is 0.490 e. The fourth-order valence-electron chi connectivity index (χ4n) is 3.05. The van der Waals surface area contributed by atoms with Gasteiger partial charge in [-0.2, -0.15) is 10.5 Å². The second kappa shape index (κ2) is 11.9. The molecule has 3 aromatic rings. The Hall–Kier alpha value is -3.78. The first-order chi connectivity index (χ1) is 16.5. The third-order valence-electron chi connectivity index (χ3n) is 4.64. The SMILES string of the molecule is CCOc1cc(/C=C(\C#N)C(=O)Nc2ccccc2Cl)cc(Br)c1OCc1ccccc1C#N. The quantitative estimate of drug-likeness (QED) is 0.262. The molecular weight excluding hydrogens is 518 g/mol. The molecule has 0 aliphatic heterocycles. The number of amides is 1. The third kappa shape index (κ3) is 6.17. The lowest BCUT2D eigenvalue weighted by molar-refractivity contribution is -0.112. The van der Waals surface area contributed by atoms with Gasteiger partial charge in [0.05, 0.1) is 33.4 Å². The summed E-state index contributed by atoms with van der Waals surface area (Å²) in [6, 6.07) is 21.4. The van der Waals surface area contributed by atoms with E-state index in [2.05, 4.69) is 27.3 Å². The molecule has 3 aromatic carbocycles. The zero-order chi connectivity index (χ0) is 24.5. The second-order valence-electron chi connectivity index (χ2n) is 6.92. The lowest BCUT2D eigenvalue weighted by atomic mass is 10.1.